The predicted octanol–water partition coefficient (Wildman–Crippen LogP) is 0.893. The molecule has 0 radical (unpaired) electrons. The van der Waals surface area contributed by atoms with Crippen LogP contribution < -0.4 is 26.1 Å². The number of benzene rings is 1. The minimum absolute atomic E-state index is 0.438. The van der Waals surface area contributed by atoms with Crippen LogP contribution in [0.25, 0.3) is 0 Å². The smallest absolute Gasteiger partial charge is 0.180 e. The van der Waals surface area contributed by atoms with Gasteiger partial charge in [-0.15, -0.1) is 0 Å². The van der Waals surface area contributed by atoms with E-state index < -0.39 is 0 Å². The van der Waals surface area contributed by atoms with Gasteiger partial charge in [0.05, 0.1) is 14.2 Å². The minimum Gasteiger partial charge on any atom is -0.493 e. The van der Waals surface area contributed by atoms with E-state index in [0.717, 1.165) is 23.5 Å². The Bertz CT molecular complexity index is 424. The second-order valence-electron chi connectivity index (χ2n) is 3.78. The van der Waals surface area contributed by atoms with Crippen molar-refractivity contribution in [2.45, 2.75) is 13.3 Å². The van der Waals surface area contributed by atoms with E-state index in [1.165, 1.54) is 5.56 Å². The van der Waals surface area contributed by atoms with Crippen molar-refractivity contribution in [1.82, 2.24) is 10.7 Å². The fourth-order valence-corrected chi connectivity index (χ4v) is 1.76. The van der Waals surface area contributed by atoms with Crippen molar-refractivity contribution in [2.24, 2.45) is 5.84 Å². The lowest BCUT2D eigenvalue weighted by molar-refractivity contribution is 0.354. The van der Waals surface area contributed by atoms with Gasteiger partial charge in [-0.25, -0.2) is 5.84 Å². The van der Waals surface area contributed by atoms with Gasteiger partial charge in [-0.2, -0.15) is 0 Å². The van der Waals surface area contributed by atoms with Gasteiger partial charge in [0, 0.05) is 6.54 Å². The third-order valence-corrected chi connectivity index (χ3v) is 2.92. The number of nitrogens with two attached hydrogens (primary N) is 1. The van der Waals surface area contributed by atoms with Crippen LogP contribution in [0.15, 0.2) is 12.1 Å². The molecule has 0 aliphatic carbocycles. The van der Waals surface area contributed by atoms with Crippen molar-refractivity contribution in [1.29, 1.82) is 0 Å². The summed E-state index contributed by atoms with van der Waals surface area (Å²) >= 11 is 4.90. The molecule has 5 nitrogen and oxygen atoms in total. The molecule has 0 fully saturated rings. The number of nitrogens with one attached hydrogen (secondary N) is 2. The highest BCUT2D eigenvalue weighted by atomic mass is 32.1. The van der Waals surface area contributed by atoms with Crippen LogP contribution in [-0.4, -0.2) is 25.9 Å². The fourth-order valence-electron chi connectivity index (χ4n) is 1.65. The summed E-state index contributed by atoms with van der Waals surface area (Å²) in [5, 5.41) is 3.44. The summed E-state index contributed by atoms with van der Waals surface area (Å²) in [5.74, 6) is 6.65. The monoisotopic (exact) mass is 269 g/mol. The van der Waals surface area contributed by atoms with Crippen molar-refractivity contribution < 1.29 is 9.47 Å². The van der Waals surface area contributed by atoms with Crippen molar-refractivity contribution in [2.75, 3.05) is 20.8 Å². The first kappa shape index (κ1) is 14.5. The number of hydrogen-bond acceptors (Lipinski definition) is 4. The number of ether oxygens (including phenoxy) is 2. The van der Waals surface area contributed by atoms with Crippen LogP contribution in [0, 0.1) is 6.92 Å². The molecule has 1 aromatic carbocycles. The Balaban J connectivity index is 2.73. The summed E-state index contributed by atoms with van der Waals surface area (Å²) in [4.78, 5) is 0. The Labute approximate surface area is 113 Å². The highest BCUT2D eigenvalue weighted by Crippen LogP contribution is 2.30. The quantitative estimate of drug-likeness (QED) is 0.419. The largest absolute Gasteiger partial charge is 0.493 e. The molecule has 18 heavy (non-hydrogen) atoms. The molecular formula is C12H19N3O2S. The maximum absolute atomic E-state index is 5.28. The molecule has 0 aromatic heterocycles. The van der Waals surface area contributed by atoms with Crippen molar-refractivity contribution in [3.05, 3.63) is 23.3 Å². The Morgan fingerprint density at radius 3 is 2.44 bits per heavy atom. The van der Waals surface area contributed by atoms with Gasteiger partial charge in [0.2, 0.25) is 0 Å². The number of hydrogen-bond donors (Lipinski definition) is 3. The normalized spacial score (nSPS) is 9.78. The lowest BCUT2D eigenvalue weighted by Crippen LogP contribution is -2.40. The second-order valence-corrected chi connectivity index (χ2v) is 4.19. The van der Waals surface area contributed by atoms with E-state index in [-0.39, 0.29) is 0 Å². The van der Waals surface area contributed by atoms with Crippen LogP contribution in [0.3, 0.4) is 0 Å². The molecule has 0 atom stereocenters. The number of rotatable bonds is 5. The molecule has 6 heteroatoms. The molecule has 0 aliphatic heterocycles. The Kier molecular flexibility index (Phi) is 5.67. The van der Waals surface area contributed by atoms with E-state index in [4.69, 9.17) is 27.5 Å². The maximum atomic E-state index is 5.28. The number of methoxy groups -OCH3 is 2. The van der Waals surface area contributed by atoms with E-state index in [2.05, 4.69) is 10.7 Å². The van der Waals surface area contributed by atoms with E-state index >= 15 is 0 Å². The van der Waals surface area contributed by atoms with Crippen molar-refractivity contribution in [3.8, 4) is 11.5 Å². The van der Waals surface area contributed by atoms with Gasteiger partial charge < -0.3 is 20.2 Å². The van der Waals surface area contributed by atoms with Gasteiger partial charge in [0.15, 0.2) is 16.6 Å². The predicted molar refractivity (Wildman–Crippen MR) is 75.9 cm³/mol. The fraction of sp³-hybridized carbons (Fsp3) is 0.417. The minimum atomic E-state index is 0.438. The van der Waals surface area contributed by atoms with Crippen molar-refractivity contribution in [3.63, 3.8) is 0 Å². The zero-order valence-electron chi connectivity index (χ0n) is 10.9. The molecule has 0 saturated heterocycles. The van der Waals surface area contributed by atoms with Crippen molar-refractivity contribution >= 4 is 17.3 Å². The van der Waals surface area contributed by atoms with Gasteiger partial charge in [-0.3, -0.25) is 0 Å². The van der Waals surface area contributed by atoms with Gasteiger partial charge in [0.25, 0.3) is 0 Å². The summed E-state index contributed by atoms with van der Waals surface area (Å²) in [5.41, 5.74) is 4.72. The van der Waals surface area contributed by atoms with Gasteiger partial charge >= 0.3 is 0 Å². The molecule has 1 aromatic rings. The molecule has 1 rings (SSSR count). The third-order valence-electron chi connectivity index (χ3n) is 2.65. The molecule has 0 saturated carbocycles. The molecule has 0 unspecified atom stereocenters. The molecule has 0 heterocycles. The van der Waals surface area contributed by atoms with Crippen LogP contribution in [-0.2, 0) is 6.42 Å². The van der Waals surface area contributed by atoms with Crippen LogP contribution in [0.2, 0.25) is 0 Å². The standard InChI is InChI=1S/C12H19N3O2S/c1-8-6-10(16-2)11(17-3)7-9(8)4-5-14-12(18)15-13/h6-7H,4-5,13H2,1-3H3,(H2,14,15,18). The first-order valence-electron chi connectivity index (χ1n) is 5.58. The Morgan fingerprint density at radius 1 is 1.28 bits per heavy atom. The molecule has 0 aliphatic rings. The van der Waals surface area contributed by atoms with E-state index in [1.54, 1.807) is 14.2 Å². The molecule has 0 amide bonds. The summed E-state index contributed by atoms with van der Waals surface area (Å²) in [6.07, 6.45) is 0.827. The Morgan fingerprint density at radius 2 is 1.89 bits per heavy atom. The zero-order chi connectivity index (χ0) is 13.5. The van der Waals surface area contributed by atoms with Crippen LogP contribution in [0.5, 0.6) is 11.5 Å². The summed E-state index contributed by atoms with van der Waals surface area (Å²) in [6.45, 7) is 2.75. The van der Waals surface area contributed by atoms with E-state index in [0.29, 0.717) is 11.7 Å². The first-order valence-corrected chi connectivity index (χ1v) is 5.99. The third kappa shape index (κ3) is 3.75. The van der Waals surface area contributed by atoms with Crippen LogP contribution in [0.1, 0.15) is 11.1 Å². The van der Waals surface area contributed by atoms with Gasteiger partial charge in [-0.05, 0) is 48.8 Å². The Hall–Kier alpha value is -1.53. The average molecular weight is 269 g/mol. The molecule has 0 bridgehead atoms. The molecule has 0 spiro atoms. The zero-order valence-corrected chi connectivity index (χ0v) is 11.7. The molecule has 4 N–H and O–H groups in total. The van der Waals surface area contributed by atoms with Crippen LogP contribution in [0.4, 0.5) is 0 Å². The first-order chi connectivity index (χ1) is 8.62. The van der Waals surface area contributed by atoms with Crippen LogP contribution >= 0.6 is 12.2 Å². The molecular weight excluding hydrogens is 250 g/mol. The number of aryl methyl sites for hydroxylation is 1. The highest BCUT2D eigenvalue weighted by Gasteiger charge is 2.08. The second kappa shape index (κ2) is 7.03. The number of hydrazine groups is 1. The summed E-state index contributed by atoms with van der Waals surface area (Å²) in [7, 11) is 3.26. The lowest BCUT2D eigenvalue weighted by Gasteiger charge is -2.13. The van der Waals surface area contributed by atoms with Gasteiger partial charge in [-0.1, -0.05) is 0 Å². The number of thiocarbonyl (C=S) groups is 1. The average Bonchev–Trinajstić information content (AvgIpc) is 2.39. The maximum Gasteiger partial charge on any atom is 0.180 e. The van der Waals surface area contributed by atoms with Gasteiger partial charge in [0.1, 0.15) is 0 Å². The SMILES string of the molecule is COc1cc(C)c(CCNC(=S)NN)cc1OC. The summed E-state index contributed by atoms with van der Waals surface area (Å²) < 4.78 is 10.5. The lowest BCUT2D eigenvalue weighted by atomic mass is 10.0. The highest BCUT2D eigenvalue weighted by molar-refractivity contribution is 7.80. The summed E-state index contributed by atoms with van der Waals surface area (Å²) in [6, 6.07) is 3.95. The molecule has 100 valence electrons. The van der Waals surface area contributed by atoms with E-state index in [9.17, 15) is 0 Å². The van der Waals surface area contributed by atoms with E-state index in [1.807, 2.05) is 19.1 Å². The topological polar surface area (TPSA) is 68.5 Å².